The lowest BCUT2D eigenvalue weighted by Crippen LogP contribution is -1.83. The summed E-state index contributed by atoms with van der Waals surface area (Å²) >= 11 is 0. The van der Waals surface area contributed by atoms with Crippen molar-refractivity contribution in [2.45, 2.75) is 13.8 Å². The molecule has 0 saturated carbocycles. The first-order chi connectivity index (χ1) is 5.20. The van der Waals surface area contributed by atoms with Gasteiger partial charge in [0.1, 0.15) is 12.6 Å². The molecule has 0 aromatic heterocycles. The summed E-state index contributed by atoms with van der Waals surface area (Å²) in [6.45, 7) is 5.44. The van der Waals surface area contributed by atoms with Gasteiger partial charge in [0.15, 0.2) is 0 Å². The SMILES string of the molecule is C=[P+](C[P+](=C)OCC)OCC. The van der Waals surface area contributed by atoms with Gasteiger partial charge in [-0.2, -0.15) is 9.05 Å². The zero-order valence-corrected chi connectivity index (χ0v) is 9.04. The highest BCUT2D eigenvalue weighted by Gasteiger charge is 2.19. The summed E-state index contributed by atoms with van der Waals surface area (Å²) < 4.78 is 10.6. The predicted octanol–water partition coefficient (Wildman–Crippen LogP) is 2.67. The molecule has 0 aliphatic heterocycles. The van der Waals surface area contributed by atoms with Gasteiger partial charge in [-0.05, 0) is 13.8 Å². The van der Waals surface area contributed by atoms with Crippen LogP contribution >= 0.6 is 15.5 Å². The van der Waals surface area contributed by atoms with Crippen LogP contribution in [0, 0.1) is 0 Å². The first-order valence-corrected chi connectivity index (χ1v) is 6.88. The molecule has 0 saturated heterocycles. The standard InChI is InChI=1S/C7H16O2P2/c1-5-8-10(3)7-11(4)9-6-2/h3-7H2,1-2H3/q+2. The quantitative estimate of drug-likeness (QED) is 0.605. The van der Waals surface area contributed by atoms with E-state index >= 15 is 0 Å². The van der Waals surface area contributed by atoms with Crippen LogP contribution in [0.1, 0.15) is 13.8 Å². The molecule has 0 spiro atoms. The van der Waals surface area contributed by atoms with Crippen molar-refractivity contribution in [3.05, 3.63) is 0 Å². The maximum Gasteiger partial charge on any atom is 0.311 e. The van der Waals surface area contributed by atoms with Crippen LogP contribution in [0.4, 0.5) is 0 Å². The van der Waals surface area contributed by atoms with Crippen LogP contribution in [0.5, 0.6) is 0 Å². The van der Waals surface area contributed by atoms with E-state index in [1.165, 1.54) is 0 Å². The molecule has 2 nitrogen and oxygen atoms in total. The first kappa shape index (κ1) is 11.3. The molecule has 64 valence electrons. The number of hydrogen-bond acceptors (Lipinski definition) is 2. The summed E-state index contributed by atoms with van der Waals surface area (Å²) in [5, 5.41) is 0. The summed E-state index contributed by atoms with van der Waals surface area (Å²) in [4.78, 5) is 0. The summed E-state index contributed by atoms with van der Waals surface area (Å²) in [6, 6.07) is 0. The van der Waals surface area contributed by atoms with Gasteiger partial charge in [0.25, 0.3) is 15.5 Å². The summed E-state index contributed by atoms with van der Waals surface area (Å²) in [7, 11) is -1.08. The summed E-state index contributed by atoms with van der Waals surface area (Å²) in [6.07, 6.45) is 7.78. The van der Waals surface area contributed by atoms with Crippen LogP contribution in [-0.4, -0.2) is 31.7 Å². The fraction of sp³-hybridized carbons (Fsp3) is 0.714. The highest BCUT2D eigenvalue weighted by Crippen LogP contribution is 2.35. The smallest absolute Gasteiger partial charge is 0.177 e. The first-order valence-electron chi connectivity index (χ1n) is 3.62. The third kappa shape index (κ3) is 6.65. The maximum absolute atomic E-state index is 5.31. The van der Waals surface area contributed by atoms with Crippen LogP contribution in [0.25, 0.3) is 0 Å². The molecule has 0 N–H and O–H groups in total. The fourth-order valence-electron chi connectivity index (χ4n) is 0.623. The topological polar surface area (TPSA) is 18.5 Å². The molecule has 2 atom stereocenters. The molecule has 2 unspecified atom stereocenters. The Kier molecular flexibility index (Phi) is 7.10. The minimum atomic E-state index is -0.540. The van der Waals surface area contributed by atoms with Gasteiger partial charge in [0.05, 0.1) is 13.2 Å². The minimum Gasteiger partial charge on any atom is -0.177 e. The molecule has 0 aromatic carbocycles. The highest BCUT2D eigenvalue weighted by molar-refractivity contribution is 7.67. The van der Waals surface area contributed by atoms with Crippen LogP contribution < -0.4 is 0 Å². The Morgan fingerprint density at radius 2 is 1.36 bits per heavy atom. The molecule has 0 rings (SSSR count). The van der Waals surface area contributed by atoms with E-state index in [0.29, 0.717) is 0 Å². The number of rotatable bonds is 6. The lowest BCUT2D eigenvalue weighted by Gasteiger charge is -1.87. The molecule has 0 aliphatic rings. The average molecular weight is 194 g/mol. The van der Waals surface area contributed by atoms with E-state index in [2.05, 4.69) is 12.6 Å². The van der Waals surface area contributed by atoms with Crippen molar-refractivity contribution in [2.24, 2.45) is 0 Å². The van der Waals surface area contributed by atoms with Crippen molar-refractivity contribution in [3.63, 3.8) is 0 Å². The Labute approximate surface area is 70.8 Å². The molecule has 0 aromatic rings. The molecule has 0 aliphatic carbocycles. The van der Waals surface area contributed by atoms with Crippen LogP contribution in [0.15, 0.2) is 0 Å². The Bertz CT molecular complexity index is 129. The largest absolute Gasteiger partial charge is 0.311 e. The van der Waals surface area contributed by atoms with Crippen LogP contribution in [0.3, 0.4) is 0 Å². The van der Waals surface area contributed by atoms with E-state index in [0.717, 1.165) is 19.1 Å². The molecule has 11 heavy (non-hydrogen) atoms. The van der Waals surface area contributed by atoms with Crippen molar-refractivity contribution in [1.29, 1.82) is 0 Å². The van der Waals surface area contributed by atoms with Gasteiger partial charge >= 0.3 is 5.90 Å². The van der Waals surface area contributed by atoms with E-state index in [4.69, 9.17) is 9.05 Å². The van der Waals surface area contributed by atoms with Gasteiger partial charge in [-0.15, -0.1) is 0 Å². The second kappa shape index (κ2) is 6.94. The zero-order valence-electron chi connectivity index (χ0n) is 7.25. The monoisotopic (exact) mass is 194 g/mol. The molecule has 4 heteroatoms. The molecular weight excluding hydrogens is 178 g/mol. The van der Waals surface area contributed by atoms with Crippen molar-refractivity contribution in [2.75, 3.05) is 19.1 Å². The molecule has 0 radical (unpaired) electrons. The molecule has 0 fully saturated rings. The van der Waals surface area contributed by atoms with Gasteiger partial charge in [0.2, 0.25) is 0 Å². The molecule has 0 amide bonds. The second-order valence-electron chi connectivity index (χ2n) is 1.94. The predicted molar refractivity (Wildman–Crippen MR) is 56.2 cm³/mol. The molecule has 0 bridgehead atoms. The summed E-state index contributed by atoms with van der Waals surface area (Å²) in [5.74, 6) is 0.895. The summed E-state index contributed by atoms with van der Waals surface area (Å²) in [5.41, 5.74) is 0. The van der Waals surface area contributed by atoms with E-state index in [9.17, 15) is 0 Å². The van der Waals surface area contributed by atoms with Crippen molar-refractivity contribution >= 4 is 28.1 Å². The van der Waals surface area contributed by atoms with Crippen molar-refractivity contribution in [1.82, 2.24) is 0 Å². The number of hydrogen-bond donors (Lipinski definition) is 0. The molecule has 0 heterocycles. The Hall–Kier alpha value is 0.260. The Morgan fingerprint density at radius 3 is 1.64 bits per heavy atom. The fourth-order valence-corrected chi connectivity index (χ4v) is 3.41. The van der Waals surface area contributed by atoms with Gasteiger partial charge in [-0.1, -0.05) is 0 Å². The van der Waals surface area contributed by atoms with E-state index in [1.807, 2.05) is 13.8 Å². The normalized spacial score (nSPS) is 12.9. The van der Waals surface area contributed by atoms with E-state index in [-0.39, 0.29) is 0 Å². The Balaban J connectivity index is 3.49. The lowest BCUT2D eigenvalue weighted by atomic mass is 10.9. The zero-order chi connectivity index (χ0) is 8.69. The van der Waals surface area contributed by atoms with Gasteiger partial charge in [-0.25, -0.2) is 0 Å². The van der Waals surface area contributed by atoms with Crippen LogP contribution in [0.2, 0.25) is 0 Å². The van der Waals surface area contributed by atoms with E-state index < -0.39 is 15.5 Å². The molecular formula is C7H16O2P2+2. The third-order valence-electron chi connectivity index (χ3n) is 0.939. The second-order valence-corrected chi connectivity index (χ2v) is 5.52. The Morgan fingerprint density at radius 1 is 1.00 bits per heavy atom. The lowest BCUT2D eigenvalue weighted by molar-refractivity contribution is 0.381. The van der Waals surface area contributed by atoms with Gasteiger partial charge < -0.3 is 0 Å². The highest BCUT2D eigenvalue weighted by atomic mass is 31.2. The average Bonchev–Trinajstić information content (AvgIpc) is 1.87. The van der Waals surface area contributed by atoms with Gasteiger partial charge in [-0.3, -0.25) is 0 Å². The van der Waals surface area contributed by atoms with Crippen LogP contribution in [-0.2, 0) is 9.05 Å². The van der Waals surface area contributed by atoms with E-state index in [1.54, 1.807) is 0 Å². The van der Waals surface area contributed by atoms with Crippen molar-refractivity contribution in [3.8, 4) is 0 Å². The third-order valence-corrected chi connectivity index (χ3v) is 4.71. The van der Waals surface area contributed by atoms with Gasteiger partial charge in [0, 0.05) is 0 Å². The minimum absolute atomic E-state index is 0.540. The maximum atomic E-state index is 5.31. The van der Waals surface area contributed by atoms with Crippen molar-refractivity contribution < 1.29 is 9.05 Å².